The third-order valence-electron chi connectivity index (χ3n) is 2.68. The number of amides is 1. The molecule has 0 aromatic carbocycles. The quantitative estimate of drug-likeness (QED) is 0.691. The van der Waals surface area contributed by atoms with Crippen molar-refractivity contribution < 1.29 is 14.3 Å². The molecule has 1 saturated carbocycles. The van der Waals surface area contributed by atoms with Crippen LogP contribution in [-0.2, 0) is 9.53 Å². The number of rotatable bonds is 3. The summed E-state index contributed by atoms with van der Waals surface area (Å²) in [5.41, 5.74) is -1.23. The summed E-state index contributed by atoms with van der Waals surface area (Å²) in [6, 6.07) is 0. The molecule has 0 aromatic heterocycles. The van der Waals surface area contributed by atoms with Crippen LogP contribution in [0.3, 0.4) is 0 Å². The average molecular weight is 225 g/mol. The molecule has 0 aromatic rings. The molecular formula is C12H19NO3. The zero-order chi connectivity index (χ0) is 12.6. The van der Waals surface area contributed by atoms with Crippen molar-refractivity contribution in [1.82, 2.24) is 4.90 Å². The fourth-order valence-electron chi connectivity index (χ4n) is 1.56. The smallest absolute Gasteiger partial charge is 0.410 e. The molecule has 0 radical (unpaired) electrons. The van der Waals surface area contributed by atoms with E-state index in [0.29, 0.717) is 12.8 Å². The van der Waals surface area contributed by atoms with Gasteiger partial charge >= 0.3 is 6.09 Å². The highest BCUT2D eigenvalue weighted by Crippen LogP contribution is 2.42. The predicted octanol–water partition coefficient (Wildman–Crippen LogP) is 2.14. The molecule has 4 nitrogen and oxygen atoms in total. The Balaban J connectivity index is 2.72. The zero-order valence-electron chi connectivity index (χ0n) is 10.4. The van der Waals surface area contributed by atoms with Crippen LogP contribution in [0.5, 0.6) is 0 Å². The van der Waals surface area contributed by atoms with Crippen LogP contribution in [0, 0.1) is 0 Å². The van der Waals surface area contributed by atoms with Crippen molar-refractivity contribution in [3.63, 3.8) is 0 Å². The van der Waals surface area contributed by atoms with Crippen LogP contribution in [0.1, 0.15) is 33.6 Å². The van der Waals surface area contributed by atoms with Crippen molar-refractivity contribution in [3.05, 3.63) is 12.7 Å². The molecule has 0 saturated heterocycles. The van der Waals surface area contributed by atoms with Gasteiger partial charge in [0, 0.05) is 7.05 Å². The Hall–Kier alpha value is -1.32. The number of hydrogen-bond donors (Lipinski definition) is 0. The lowest BCUT2D eigenvalue weighted by Crippen LogP contribution is -2.46. The standard InChI is InChI=1S/C12H19NO3/c1-6-9(14)12(7-8-12)13(5)10(15)16-11(2,3)4/h6H,1,7-8H2,2-5H3. The van der Waals surface area contributed by atoms with Gasteiger partial charge in [0.2, 0.25) is 0 Å². The summed E-state index contributed by atoms with van der Waals surface area (Å²) in [5.74, 6) is -0.110. The number of nitrogens with zero attached hydrogens (tertiary/aromatic N) is 1. The number of likely N-dealkylation sites (N-methyl/N-ethyl adjacent to an activating group) is 1. The van der Waals surface area contributed by atoms with E-state index in [2.05, 4.69) is 6.58 Å². The topological polar surface area (TPSA) is 46.6 Å². The third-order valence-corrected chi connectivity index (χ3v) is 2.68. The monoisotopic (exact) mass is 225 g/mol. The van der Waals surface area contributed by atoms with E-state index in [4.69, 9.17) is 4.74 Å². The molecule has 16 heavy (non-hydrogen) atoms. The van der Waals surface area contributed by atoms with Gasteiger partial charge in [-0.15, -0.1) is 0 Å². The molecule has 0 unspecified atom stereocenters. The van der Waals surface area contributed by atoms with Crippen LogP contribution in [0.15, 0.2) is 12.7 Å². The maximum atomic E-state index is 11.8. The maximum Gasteiger partial charge on any atom is 0.410 e. The van der Waals surface area contributed by atoms with Gasteiger partial charge in [-0.3, -0.25) is 9.69 Å². The van der Waals surface area contributed by atoms with E-state index >= 15 is 0 Å². The second kappa shape index (κ2) is 3.92. The Labute approximate surface area is 96.3 Å². The molecule has 0 heterocycles. The molecular weight excluding hydrogens is 206 g/mol. The second-order valence-corrected chi connectivity index (χ2v) is 5.14. The van der Waals surface area contributed by atoms with Gasteiger partial charge in [-0.25, -0.2) is 4.79 Å². The summed E-state index contributed by atoms with van der Waals surface area (Å²) >= 11 is 0. The number of carbonyl (C=O) groups excluding carboxylic acids is 2. The Morgan fingerprint density at radius 2 is 1.88 bits per heavy atom. The molecule has 0 N–H and O–H groups in total. The van der Waals surface area contributed by atoms with E-state index < -0.39 is 17.2 Å². The minimum Gasteiger partial charge on any atom is -0.444 e. The van der Waals surface area contributed by atoms with E-state index in [1.54, 1.807) is 27.8 Å². The minimum atomic E-state index is -0.690. The number of hydrogen-bond acceptors (Lipinski definition) is 3. The van der Waals surface area contributed by atoms with Gasteiger partial charge < -0.3 is 4.74 Å². The fraction of sp³-hybridized carbons (Fsp3) is 0.667. The summed E-state index contributed by atoms with van der Waals surface area (Å²) in [4.78, 5) is 24.8. The highest BCUT2D eigenvalue weighted by molar-refractivity contribution is 6.01. The van der Waals surface area contributed by atoms with Crippen LogP contribution in [0.2, 0.25) is 0 Å². The van der Waals surface area contributed by atoms with Crippen LogP contribution < -0.4 is 0 Å². The second-order valence-electron chi connectivity index (χ2n) is 5.14. The van der Waals surface area contributed by atoms with Gasteiger partial charge in [0.05, 0.1) is 0 Å². The van der Waals surface area contributed by atoms with Crippen molar-refractivity contribution in [2.45, 2.75) is 44.8 Å². The van der Waals surface area contributed by atoms with Crippen molar-refractivity contribution in [2.75, 3.05) is 7.05 Å². The van der Waals surface area contributed by atoms with E-state index in [-0.39, 0.29) is 5.78 Å². The lowest BCUT2D eigenvalue weighted by molar-refractivity contribution is -0.120. The Bertz CT molecular complexity index is 324. The summed E-state index contributed by atoms with van der Waals surface area (Å²) in [5, 5.41) is 0. The fourth-order valence-corrected chi connectivity index (χ4v) is 1.56. The first-order chi connectivity index (χ1) is 7.23. The highest BCUT2D eigenvalue weighted by atomic mass is 16.6. The third kappa shape index (κ3) is 2.43. The maximum absolute atomic E-state index is 11.8. The first-order valence-electron chi connectivity index (χ1n) is 5.36. The molecule has 1 aliphatic carbocycles. The molecule has 0 atom stereocenters. The zero-order valence-corrected chi connectivity index (χ0v) is 10.4. The van der Waals surface area contributed by atoms with Crippen molar-refractivity contribution in [3.8, 4) is 0 Å². The summed E-state index contributed by atoms with van der Waals surface area (Å²) < 4.78 is 5.22. The minimum absolute atomic E-state index is 0.110. The van der Waals surface area contributed by atoms with Crippen LogP contribution in [0.25, 0.3) is 0 Å². The molecule has 0 spiro atoms. The van der Waals surface area contributed by atoms with Crippen LogP contribution >= 0.6 is 0 Å². The Morgan fingerprint density at radius 3 is 2.19 bits per heavy atom. The van der Waals surface area contributed by atoms with Crippen LogP contribution in [0.4, 0.5) is 4.79 Å². The molecule has 1 fully saturated rings. The summed E-state index contributed by atoms with van der Waals surface area (Å²) in [6.07, 6.45) is 2.19. The van der Waals surface area contributed by atoms with E-state index in [0.717, 1.165) is 0 Å². The molecule has 1 amide bonds. The van der Waals surface area contributed by atoms with Gasteiger partial charge in [-0.2, -0.15) is 0 Å². The van der Waals surface area contributed by atoms with E-state index in [1.165, 1.54) is 11.0 Å². The predicted molar refractivity (Wildman–Crippen MR) is 61.2 cm³/mol. The number of ketones is 1. The molecule has 4 heteroatoms. The number of carbonyl (C=O) groups is 2. The van der Waals surface area contributed by atoms with Gasteiger partial charge in [-0.05, 0) is 39.7 Å². The normalized spacial score (nSPS) is 17.5. The van der Waals surface area contributed by atoms with Crippen molar-refractivity contribution >= 4 is 11.9 Å². The molecule has 1 aliphatic rings. The first kappa shape index (κ1) is 12.7. The lowest BCUT2D eigenvalue weighted by atomic mass is 10.1. The molecule has 1 rings (SSSR count). The molecule has 90 valence electrons. The van der Waals surface area contributed by atoms with Gasteiger partial charge in [-0.1, -0.05) is 6.58 Å². The highest BCUT2D eigenvalue weighted by Gasteiger charge is 2.54. The van der Waals surface area contributed by atoms with Gasteiger partial charge in [0.25, 0.3) is 0 Å². The first-order valence-corrected chi connectivity index (χ1v) is 5.36. The molecule has 0 aliphatic heterocycles. The Morgan fingerprint density at radius 1 is 1.38 bits per heavy atom. The Kier molecular flexibility index (Phi) is 3.13. The van der Waals surface area contributed by atoms with Gasteiger partial charge in [0.15, 0.2) is 5.78 Å². The van der Waals surface area contributed by atoms with E-state index in [9.17, 15) is 9.59 Å². The van der Waals surface area contributed by atoms with E-state index in [1.807, 2.05) is 0 Å². The largest absolute Gasteiger partial charge is 0.444 e. The lowest BCUT2D eigenvalue weighted by Gasteiger charge is -2.29. The number of ether oxygens (including phenoxy) is 1. The van der Waals surface area contributed by atoms with Gasteiger partial charge in [0.1, 0.15) is 11.1 Å². The van der Waals surface area contributed by atoms with Crippen molar-refractivity contribution in [2.24, 2.45) is 0 Å². The summed E-state index contributed by atoms with van der Waals surface area (Å²) in [6.45, 7) is 8.85. The van der Waals surface area contributed by atoms with Crippen LogP contribution in [-0.4, -0.2) is 35.0 Å². The average Bonchev–Trinajstić information content (AvgIpc) is 2.93. The molecule has 0 bridgehead atoms. The summed E-state index contributed by atoms with van der Waals surface area (Å²) in [7, 11) is 1.60. The SMILES string of the molecule is C=CC(=O)C1(N(C)C(=O)OC(C)(C)C)CC1. The van der Waals surface area contributed by atoms with Crippen molar-refractivity contribution in [1.29, 1.82) is 0 Å².